The van der Waals surface area contributed by atoms with E-state index >= 15 is 0 Å². The highest BCUT2D eigenvalue weighted by atomic mass is 16.6. The Balaban J connectivity index is 2.50. The molecule has 1 aromatic rings. The van der Waals surface area contributed by atoms with E-state index in [0.29, 0.717) is 6.42 Å². The van der Waals surface area contributed by atoms with Gasteiger partial charge in [-0.2, -0.15) is 0 Å². The number of hydrogen-bond acceptors (Lipinski definition) is 5. The first-order valence-electron chi connectivity index (χ1n) is 5.84. The van der Waals surface area contributed by atoms with Gasteiger partial charge in [-0.15, -0.1) is 0 Å². The molecule has 0 saturated carbocycles. The zero-order valence-corrected chi connectivity index (χ0v) is 10.5. The van der Waals surface area contributed by atoms with Crippen molar-refractivity contribution in [3.05, 3.63) is 34.4 Å². The molecule has 0 spiro atoms. The van der Waals surface area contributed by atoms with Crippen LogP contribution in [0.15, 0.2) is 24.3 Å². The molecule has 104 valence electrons. The van der Waals surface area contributed by atoms with E-state index < -0.39 is 4.92 Å². The summed E-state index contributed by atoms with van der Waals surface area (Å²) < 4.78 is 5.15. The number of carbonyl (C=O) groups is 1. The molecule has 2 N–H and O–H groups in total. The number of carbonyl (C=O) groups excluding carboxylic acids is 1. The number of nitro benzene ring substituents is 1. The molecular weight excluding hydrogens is 252 g/mol. The first-order valence-corrected chi connectivity index (χ1v) is 5.84. The van der Waals surface area contributed by atoms with Crippen LogP contribution in [-0.4, -0.2) is 35.2 Å². The van der Waals surface area contributed by atoms with E-state index in [1.165, 1.54) is 24.3 Å². The number of ether oxygens (including phenoxy) is 1. The molecule has 0 bridgehead atoms. The molecule has 1 unspecified atom stereocenters. The van der Waals surface area contributed by atoms with Crippen LogP contribution in [0, 0.1) is 10.1 Å². The number of hydrogen-bond donors (Lipinski definition) is 2. The Morgan fingerprint density at radius 1 is 1.58 bits per heavy atom. The second kappa shape index (κ2) is 7.32. The SMILES string of the molecule is CCC(CO)NC(=O)COc1cccc([N+](=O)[O-])c1. The van der Waals surface area contributed by atoms with Crippen LogP contribution in [0.3, 0.4) is 0 Å². The molecule has 0 aliphatic heterocycles. The van der Waals surface area contributed by atoms with Gasteiger partial charge in [-0.3, -0.25) is 14.9 Å². The summed E-state index contributed by atoms with van der Waals surface area (Å²) in [6, 6.07) is 5.29. The number of non-ortho nitro benzene ring substituents is 1. The van der Waals surface area contributed by atoms with Crippen LogP contribution < -0.4 is 10.1 Å². The van der Waals surface area contributed by atoms with Crippen LogP contribution in [-0.2, 0) is 4.79 Å². The summed E-state index contributed by atoms with van der Waals surface area (Å²) >= 11 is 0. The molecule has 0 aliphatic carbocycles. The van der Waals surface area contributed by atoms with Gasteiger partial charge in [0.25, 0.3) is 11.6 Å². The number of nitrogens with one attached hydrogen (secondary N) is 1. The van der Waals surface area contributed by atoms with Crippen LogP contribution in [0.2, 0.25) is 0 Å². The molecule has 0 aromatic heterocycles. The van der Waals surface area contributed by atoms with E-state index in [1.807, 2.05) is 6.92 Å². The van der Waals surface area contributed by atoms with E-state index in [-0.39, 0.29) is 36.6 Å². The van der Waals surface area contributed by atoms with Gasteiger partial charge in [0.1, 0.15) is 5.75 Å². The number of nitro groups is 1. The van der Waals surface area contributed by atoms with E-state index in [1.54, 1.807) is 0 Å². The Hall–Kier alpha value is -2.15. The first-order chi connectivity index (χ1) is 9.06. The van der Waals surface area contributed by atoms with Gasteiger partial charge in [0.2, 0.25) is 0 Å². The number of aliphatic hydroxyl groups excluding tert-OH is 1. The lowest BCUT2D eigenvalue weighted by molar-refractivity contribution is -0.384. The monoisotopic (exact) mass is 268 g/mol. The fourth-order valence-electron chi connectivity index (χ4n) is 1.38. The minimum atomic E-state index is -0.536. The smallest absolute Gasteiger partial charge is 0.273 e. The Morgan fingerprint density at radius 2 is 2.32 bits per heavy atom. The largest absolute Gasteiger partial charge is 0.484 e. The third kappa shape index (κ3) is 4.92. The average Bonchev–Trinajstić information content (AvgIpc) is 2.42. The van der Waals surface area contributed by atoms with E-state index in [0.717, 1.165) is 0 Å². The second-order valence-electron chi connectivity index (χ2n) is 3.90. The Kier molecular flexibility index (Phi) is 5.74. The highest BCUT2D eigenvalue weighted by Crippen LogP contribution is 2.18. The molecule has 0 radical (unpaired) electrons. The van der Waals surface area contributed by atoms with Crippen molar-refractivity contribution in [2.75, 3.05) is 13.2 Å². The molecule has 0 aliphatic rings. The summed E-state index contributed by atoms with van der Waals surface area (Å²) in [7, 11) is 0. The van der Waals surface area contributed by atoms with Crippen molar-refractivity contribution in [3.8, 4) is 5.75 Å². The lowest BCUT2D eigenvalue weighted by Crippen LogP contribution is -2.39. The Bertz CT molecular complexity index is 446. The normalized spacial score (nSPS) is 11.7. The van der Waals surface area contributed by atoms with Crippen LogP contribution in [0.4, 0.5) is 5.69 Å². The summed E-state index contributed by atoms with van der Waals surface area (Å²) in [4.78, 5) is 21.5. The van der Waals surface area contributed by atoms with Gasteiger partial charge in [0.15, 0.2) is 6.61 Å². The third-order valence-electron chi connectivity index (χ3n) is 2.48. The number of nitrogens with zero attached hydrogens (tertiary/aromatic N) is 1. The van der Waals surface area contributed by atoms with E-state index in [9.17, 15) is 14.9 Å². The number of aliphatic hydroxyl groups is 1. The van der Waals surface area contributed by atoms with Gasteiger partial charge < -0.3 is 15.2 Å². The van der Waals surface area contributed by atoms with Gasteiger partial charge in [-0.25, -0.2) is 0 Å². The second-order valence-corrected chi connectivity index (χ2v) is 3.90. The molecule has 0 heterocycles. The molecule has 1 aromatic carbocycles. The predicted octanol–water partition coefficient (Wildman–Crippen LogP) is 0.861. The van der Waals surface area contributed by atoms with E-state index in [4.69, 9.17) is 9.84 Å². The van der Waals surface area contributed by atoms with Crippen molar-refractivity contribution in [3.63, 3.8) is 0 Å². The predicted molar refractivity (Wildman–Crippen MR) is 67.9 cm³/mol. The van der Waals surface area contributed by atoms with Crippen molar-refractivity contribution in [2.45, 2.75) is 19.4 Å². The molecule has 19 heavy (non-hydrogen) atoms. The minimum Gasteiger partial charge on any atom is -0.484 e. The molecule has 1 rings (SSSR count). The number of amides is 1. The molecule has 0 fully saturated rings. The van der Waals surface area contributed by atoms with Crippen LogP contribution in [0.5, 0.6) is 5.75 Å². The van der Waals surface area contributed by atoms with Crippen LogP contribution in [0.1, 0.15) is 13.3 Å². The fraction of sp³-hybridized carbons (Fsp3) is 0.417. The van der Waals surface area contributed by atoms with Gasteiger partial charge in [-0.1, -0.05) is 13.0 Å². The molecule has 1 atom stereocenters. The van der Waals surface area contributed by atoms with E-state index in [2.05, 4.69) is 5.32 Å². The third-order valence-corrected chi connectivity index (χ3v) is 2.48. The molecule has 7 nitrogen and oxygen atoms in total. The fourth-order valence-corrected chi connectivity index (χ4v) is 1.38. The van der Waals surface area contributed by atoms with Crippen LogP contribution >= 0.6 is 0 Å². The molecule has 7 heteroatoms. The van der Waals surface area contributed by atoms with Crippen molar-refractivity contribution < 1.29 is 19.6 Å². The van der Waals surface area contributed by atoms with Gasteiger partial charge >= 0.3 is 0 Å². The van der Waals surface area contributed by atoms with Gasteiger partial charge in [0.05, 0.1) is 23.6 Å². The van der Waals surface area contributed by atoms with Crippen molar-refractivity contribution in [1.29, 1.82) is 0 Å². The maximum Gasteiger partial charge on any atom is 0.273 e. The maximum absolute atomic E-state index is 11.5. The maximum atomic E-state index is 11.5. The van der Waals surface area contributed by atoms with Crippen molar-refractivity contribution in [2.24, 2.45) is 0 Å². The summed E-state index contributed by atoms with van der Waals surface area (Å²) in [5.74, 6) is -0.131. The summed E-state index contributed by atoms with van der Waals surface area (Å²) in [5.41, 5.74) is -0.0975. The van der Waals surface area contributed by atoms with Crippen molar-refractivity contribution >= 4 is 11.6 Å². The summed E-state index contributed by atoms with van der Waals surface area (Å²) in [6.45, 7) is 1.44. The number of rotatable bonds is 7. The standard InChI is InChI=1S/C12H16N2O5/c1-2-9(7-15)13-12(16)8-19-11-5-3-4-10(6-11)14(17)18/h3-6,9,15H,2,7-8H2,1H3,(H,13,16). The quantitative estimate of drug-likeness (QED) is 0.564. The topological polar surface area (TPSA) is 102 Å². The average molecular weight is 268 g/mol. The van der Waals surface area contributed by atoms with Crippen molar-refractivity contribution in [1.82, 2.24) is 5.32 Å². The highest BCUT2D eigenvalue weighted by molar-refractivity contribution is 5.77. The lowest BCUT2D eigenvalue weighted by Gasteiger charge is -2.14. The molecular formula is C12H16N2O5. The zero-order chi connectivity index (χ0) is 14.3. The minimum absolute atomic E-state index is 0.0975. The number of benzene rings is 1. The molecule has 0 saturated heterocycles. The Morgan fingerprint density at radius 3 is 2.89 bits per heavy atom. The van der Waals surface area contributed by atoms with Gasteiger partial charge in [-0.05, 0) is 12.5 Å². The highest BCUT2D eigenvalue weighted by Gasteiger charge is 2.11. The summed E-state index contributed by atoms with van der Waals surface area (Å²) in [5, 5.41) is 22.1. The van der Waals surface area contributed by atoms with Gasteiger partial charge in [0, 0.05) is 6.07 Å². The first kappa shape index (κ1) is 14.9. The summed E-state index contributed by atoms with van der Waals surface area (Å²) in [6.07, 6.45) is 0.610. The molecule has 1 amide bonds. The lowest BCUT2D eigenvalue weighted by atomic mass is 10.2. The zero-order valence-electron chi connectivity index (χ0n) is 10.5. The Labute approximate surface area is 110 Å². The van der Waals surface area contributed by atoms with Crippen LogP contribution in [0.25, 0.3) is 0 Å².